The lowest BCUT2D eigenvalue weighted by Gasteiger charge is -2.29. The Morgan fingerprint density at radius 3 is 1.58 bits per heavy atom. The van der Waals surface area contributed by atoms with Crippen molar-refractivity contribution in [3.05, 3.63) is 267 Å². The van der Waals surface area contributed by atoms with Crippen molar-refractivity contribution in [2.75, 3.05) is 4.90 Å². The molecule has 3 heteroatoms. The number of nitrogens with zero attached hydrogens (tertiary/aromatic N) is 2. The molecule has 2 heterocycles. The largest absolute Gasteiger partial charge is 0.455 e. The van der Waals surface area contributed by atoms with Crippen LogP contribution < -0.4 is 4.90 Å². The van der Waals surface area contributed by atoms with Crippen molar-refractivity contribution < 1.29 is 4.42 Å². The van der Waals surface area contributed by atoms with Gasteiger partial charge in [-0.25, -0.2) is 0 Å². The highest BCUT2D eigenvalue weighted by Crippen LogP contribution is 2.46. The molecule has 2 aromatic heterocycles. The first kappa shape index (κ1) is 40.1. The zero-order valence-corrected chi connectivity index (χ0v) is 37.7. The minimum Gasteiger partial charge on any atom is -0.455 e. The molecule has 0 saturated carbocycles. The first-order valence-corrected chi connectivity index (χ1v) is 23.6. The van der Waals surface area contributed by atoms with Gasteiger partial charge in [0.2, 0.25) is 0 Å². The van der Waals surface area contributed by atoms with Crippen LogP contribution in [0.3, 0.4) is 0 Å². The van der Waals surface area contributed by atoms with Crippen molar-refractivity contribution in [2.24, 2.45) is 0 Å². The minimum absolute atomic E-state index is 0.889. The van der Waals surface area contributed by atoms with Crippen molar-refractivity contribution >= 4 is 60.8 Å². The Labute approximate surface area is 401 Å². The van der Waals surface area contributed by atoms with Gasteiger partial charge in [0.05, 0.1) is 22.4 Å². The van der Waals surface area contributed by atoms with Gasteiger partial charge in [-0.3, -0.25) is 0 Å². The lowest BCUT2D eigenvalue weighted by atomic mass is 9.93. The van der Waals surface area contributed by atoms with E-state index < -0.39 is 0 Å². The fourth-order valence-corrected chi connectivity index (χ4v) is 10.4. The standard InChI is InChI=1S/C66H44N2O/c1-3-19-45(20-4-1)48-39-42-53(64(44-48)68-62-34-14-10-28-57(62)58-29-11-15-35-63(58)68)47-37-40-50(41-38-47)67(61-33-13-9-27-56(61)55-26-8-7-25-52(55)46-21-5-2-6-22-46)51-24-17-23-49(43-51)54-31-18-32-60-59-30-12-16-36-65(59)69-66(54)60/h1-44H. The molecule has 0 unspecified atom stereocenters. The van der Waals surface area contributed by atoms with Gasteiger partial charge in [0, 0.05) is 49.6 Å². The molecular weight excluding hydrogens is 837 g/mol. The molecule has 11 aromatic carbocycles. The van der Waals surface area contributed by atoms with Gasteiger partial charge < -0.3 is 13.9 Å². The van der Waals surface area contributed by atoms with E-state index in [9.17, 15) is 0 Å². The Hall–Kier alpha value is -9.18. The van der Waals surface area contributed by atoms with Gasteiger partial charge >= 0.3 is 0 Å². The normalized spacial score (nSPS) is 11.5. The van der Waals surface area contributed by atoms with E-state index >= 15 is 0 Å². The summed E-state index contributed by atoms with van der Waals surface area (Å²) in [6.45, 7) is 0. The van der Waals surface area contributed by atoms with Crippen LogP contribution in [0.1, 0.15) is 0 Å². The summed E-state index contributed by atoms with van der Waals surface area (Å²) in [5.41, 5.74) is 19.9. The average Bonchev–Trinajstić information content (AvgIpc) is 3.98. The summed E-state index contributed by atoms with van der Waals surface area (Å²) in [6, 6.07) is 96.2. The highest BCUT2D eigenvalue weighted by molar-refractivity contribution is 6.11. The number of para-hydroxylation sites is 5. The summed E-state index contributed by atoms with van der Waals surface area (Å²) in [6.07, 6.45) is 0. The molecule has 0 aliphatic carbocycles. The molecule has 0 radical (unpaired) electrons. The minimum atomic E-state index is 0.889. The van der Waals surface area contributed by atoms with Gasteiger partial charge in [-0.15, -0.1) is 0 Å². The van der Waals surface area contributed by atoms with Crippen LogP contribution in [-0.4, -0.2) is 4.57 Å². The van der Waals surface area contributed by atoms with Crippen LogP contribution in [0.4, 0.5) is 17.1 Å². The van der Waals surface area contributed by atoms with Crippen LogP contribution in [0.2, 0.25) is 0 Å². The molecule has 324 valence electrons. The van der Waals surface area contributed by atoms with E-state index in [-0.39, 0.29) is 0 Å². The average molecular weight is 881 g/mol. The van der Waals surface area contributed by atoms with Crippen molar-refractivity contribution in [1.82, 2.24) is 4.57 Å². The van der Waals surface area contributed by atoms with Crippen LogP contribution in [0.25, 0.3) is 105 Å². The van der Waals surface area contributed by atoms with E-state index in [4.69, 9.17) is 4.42 Å². The highest BCUT2D eigenvalue weighted by atomic mass is 16.3. The quantitative estimate of drug-likeness (QED) is 0.144. The molecule has 3 nitrogen and oxygen atoms in total. The number of hydrogen-bond acceptors (Lipinski definition) is 2. The van der Waals surface area contributed by atoms with Gasteiger partial charge in [-0.1, -0.05) is 212 Å². The van der Waals surface area contributed by atoms with Crippen molar-refractivity contribution in [3.63, 3.8) is 0 Å². The fourth-order valence-electron chi connectivity index (χ4n) is 10.4. The molecule has 0 N–H and O–H groups in total. The predicted molar refractivity (Wildman–Crippen MR) is 290 cm³/mol. The third kappa shape index (κ3) is 6.99. The Bertz CT molecular complexity index is 3960. The maximum atomic E-state index is 6.60. The lowest BCUT2D eigenvalue weighted by Crippen LogP contribution is -2.11. The maximum Gasteiger partial charge on any atom is 0.143 e. The maximum absolute atomic E-state index is 6.60. The number of rotatable bonds is 9. The van der Waals surface area contributed by atoms with E-state index in [0.717, 1.165) is 72.5 Å². The van der Waals surface area contributed by atoms with Gasteiger partial charge in [-0.05, 0) is 93.5 Å². The molecular formula is C66H44N2O. The third-order valence-electron chi connectivity index (χ3n) is 13.6. The topological polar surface area (TPSA) is 21.3 Å². The van der Waals surface area contributed by atoms with Crippen molar-refractivity contribution in [3.8, 4) is 61.3 Å². The van der Waals surface area contributed by atoms with E-state index in [1.807, 2.05) is 6.07 Å². The molecule has 0 aliphatic rings. The van der Waals surface area contributed by atoms with Gasteiger partial charge in [0.25, 0.3) is 0 Å². The van der Waals surface area contributed by atoms with Crippen LogP contribution in [0.15, 0.2) is 271 Å². The molecule has 13 rings (SSSR count). The second-order valence-corrected chi connectivity index (χ2v) is 17.6. The number of hydrogen-bond donors (Lipinski definition) is 0. The smallest absolute Gasteiger partial charge is 0.143 e. The van der Waals surface area contributed by atoms with Gasteiger partial charge in [0.15, 0.2) is 0 Å². The predicted octanol–water partition coefficient (Wildman–Crippen LogP) is 18.5. The summed E-state index contributed by atoms with van der Waals surface area (Å²) >= 11 is 0. The first-order chi connectivity index (χ1) is 34.2. The second-order valence-electron chi connectivity index (χ2n) is 17.6. The first-order valence-electron chi connectivity index (χ1n) is 23.6. The molecule has 0 fully saturated rings. The van der Waals surface area contributed by atoms with E-state index in [2.05, 4.69) is 270 Å². The Morgan fingerprint density at radius 1 is 0.290 bits per heavy atom. The monoisotopic (exact) mass is 880 g/mol. The van der Waals surface area contributed by atoms with Crippen LogP contribution in [-0.2, 0) is 0 Å². The molecule has 13 aromatic rings. The molecule has 0 amide bonds. The molecule has 0 spiro atoms. The number of furan rings is 1. The van der Waals surface area contributed by atoms with E-state index in [1.165, 1.54) is 49.6 Å². The summed E-state index contributed by atoms with van der Waals surface area (Å²) in [5, 5.41) is 4.71. The molecule has 0 atom stereocenters. The Morgan fingerprint density at radius 2 is 0.826 bits per heavy atom. The molecule has 0 bridgehead atoms. The zero-order chi connectivity index (χ0) is 45.7. The fraction of sp³-hybridized carbons (Fsp3) is 0. The van der Waals surface area contributed by atoms with Crippen LogP contribution >= 0.6 is 0 Å². The van der Waals surface area contributed by atoms with Crippen LogP contribution in [0, 0.1) is 0 Å². The zero-order valence-electron chi connectivity index (χ0n) is 37.7. The van der Waals surface area contributed by atoms with Gasteiger partial charge in [-0.2, -0.15) is 0 Å². The third-order valence-corrected chi connectivity index (χ3v) is 13.6. The number of fused-ring (bicyclic) bond motifs is 6. The summed E-state index contributed by atoms with van der Waals surface area (Å²) < 4.78 is 9.04. The number of anilines is 3. The summed E-state index contributed by atoms with van der Waals surface area (Å²) in [5.74, 6) is 0. The Kier molecular flexibility index (Phi) is 9.84. The lowest BCUT2D eigenvalue weighted by molar-refractivity contribution is 0.670. The summed E-state index contributed by atoms with van der Waals surface area (Å²) in [4.78, 5) is 2.41. The van der Waals surface area contributed by atoms with Gasteiger partial charge in [0.1, 0.15) is 11.2 Å². The van der Waals surface area contributed by atoms with Crippen molar-refractivity contribution in [1.29, 1.82) is 0 Å². The van der Waals surface area contributed by atoms with E-state index in [1.54, 1.807) is 0 Å². The molecule has 0 saturated heterocycles. The number of benzene rings is 11. The van der Waals surface area contributed by atoms with E-state index in [0.29, 0.717) is 0 Å². The Balaban J connectivity index is 1.00. The molecule has 69 heavy (non-hydrogen) atoms. The van der Waals surface area contributed by atoms with Crippen LogP contribution in [0.5, 0.6) is 0 Å². The number of aromatic nitrogens is 1. The SMILES string of the molecule is c1ccc(-c2ccc(-c3ccc(N(c4cccc(-c5cccc6c5oc5ccccc56)c4)c4ccccc4-c4ccccc4-c4ccccc4)cc3)c(-n3c4ccccc4c4ccccc43)c2)cc1. The highest BCUT2D eigenvalue weighted by Gasteiger charge is 2.22. The summed E-state index contributed by atoms with van der Waals surface area (Å²) in [7, 11) is 0. The molecule has 0 aliphatic heterocycles. The van der Waals surface area contributed by atoms with Crippen molar-refractivity contribution in [2.45, 2.75) is 0 Å². The second kappa shape index (κ2) is 16.9.